The van der Waals surface area contributed by atoms with Gasteiger partial charge < -0.3 is 13.5 Å². The van der Waals surface area contributed by atoms with Crippen molar-refractivity contribution < 1.29 is 14.3 Å². The van der Waals surface area contributed by atoms with Crippen LogP contribution in [0.25, 0.3) is 11.2 Å². The van der Waals surface area contributed by atoms with Crippen LogP contribution >= 0.6 is 11.6 Å². The third kappa shape index (κ3) is 5.59. The molecule has 10 heteroatoms. The largest absolute Gasteiger partial charge is 0.466 e. The summed E-state index contributed by atoms with van der Waals surface area (Å²) < 4.78 is 10.8. The summed E-state index contributed by atoms with van der Waals surface area (Å²) in [4.78, 5) is 34.2. The smallest absolute Gasteiger partial charge is 0.306 e. The standard InChI is InChI=1S/C29H29ClN6O3/c1-2-39-28(38)8-5-20-11-21(19-3-4-19)14-35-16-24(33-29(20)35)17-36-15-22(13-32-36)27(37)7-6-25-26-12-23(30)9-10-34(26)18-31-25/h9-16,18-19H,2-8,17H2,1H3. The molecule has 0 spiro atoms. The van der Waals surface area contributed by atoms with Crippen molar-refractivity contribution in [3.8, 4) is 0 Å². The number of hydrogen-bond donors (Lipinski definition) is 0. The third-order valence-corrected chi connectivity index (χ3v) is 7.33. The van der Waals surface area contributed by atoms with Crippen LogP contribution in [0.2, 0.25) is 5.02 Å². The lowest BCUT2D eigenvalue weighted by Gasteiger charge is -2.07. The van der Waals surface area contributed by atoms with E-state index in [0.717, 1.165) is 28.1 Å². The fraction of sp³-hybridized carbons (Fsp3) is 0.345. The van der Waals surface area contributed by atoms with Crippen molar-refractivity contribution in [2.24, 2.45) is 0 Å². The van der Waals surface area contributed by atoms with E-state index in [4.69, 9.17) is 21.3 Å². The van der Waals surface area contributed by atoms with Gasteiger partial charge in [-0.15, -0.1) is 0 Å². The fourth-order valence-corrected chi connectivity index (χ4v) is 5.12. The van der Waals surface area contributed by atoms with Crippen molar-refractivity contribution >= 4 is 34.5 Å². The van der Waals surface area contributed by atoms with Gasteiger partial charge >= 0.3 is 5.97 Å². The number of aryl methyl sites for hydroxylation is 2. The summed E-state index contributed by atoms with van der Waals surface area (Å²) in [6.45, 7) is 2.64. The summed E-state index contributed by atoms with van der Waals surface area (Å²) in [5.41, 5.74) is 6.31. The highest BCUT2D eigenvalue weighted by Crippen LogP contribution is 2.40. The van der Waals surface area contributed by atoms with Gasteiger partial charge in [-0.05, 0) is 61.8 Å². The van der Waals surface area contributed by atoms with Crippen molar-refractivity contribution in [3.63, 3.8) is 0 Å². The number of ether oxygens (including phenoxy) is 1. The molecule has 9 nitrogen and oxygen atoms in total. The van der Waals surface area contributed by atoms with E-state index in [1.165, 1.54) is 18.4 Å². The van der Waals surface area contributed by atoms with Gasteiger partial charge in [-0.1, -0.05) is 17.7 Å². The van der Waals surface area contributed by atoms with E-state index >= 15 is 0 Å². The van der Waals surface area contributed by atoms with Crippen LogP contribution in [0.3, 0.4) is 0 Å². The molecule has 1 aliphatic rings. The third-order valence-electron chi connectivity index (χ3n) is 7.10. The molecule has 39 heavy (non-hydrogen) atoms. The summed E-state index contributed by atoms with van der Waals surface area (Å²) in [5, 5.41) is 5.05. The summed E-state index contributed by atoms with van der Waals surface area (Å²) in [6.07, 6.45) is 15.3. The molecule has 5 aromatic heterocycles. The van der Waals surface area contributed by atoms with Gasteiger partial charge in [0.25, 0.3) is 0 Å². The molecule has 0 unspecified atom stereocenters. The van der Waals surface area contributed by atoms with Crippen LogP contribution in [-0.4, -0.2) is 46.9 Å². The van der Waals surface area contributed by atoms with E-state index < -0.39 is 0 Å². The van der Waals surface area contributed by atoms with Crippen LogP contribution in [0.5, 0.6) is 0 Å². The number of imidazole rings is 2. The van der Waals surface area contributed by atoms with E-state index in [-0.39, 0.29) is 11.8 Å². The number of pyridine rings is 2. The molecule has 6 rings (SSSR count). The Kier molecular flexibility index (Phi) is 6.91. The molecule has 0 radical (unpaired) electrons. The predicted octanol–water partition coefficient (Wildman–Crippen LogP) is 5.07. The van der Waals surface area contributed by atoms with Crippen molar-refractivity contribution in [2.75, 3.05) is 6.61 Å². The maximum Gasteiger partial charge on any atom is 0.306 e. The first kappa shape index (κ1) is 25.3. The Balaban J connectivity index is 1.15. The lowest BCUT2D eigenvalue weighted by Crippen LogP contribution is -2.06. The molecule has 0 aromatic carbocycles. The highest BCUT2D eigenvalue weighted by atomic mass is 35.5. The monoisotopic (exact) mass is 544 g/mol. The molecule has 0 amide bonds. The molecule has 1 saturated carbocycles. The van der Waals surface area contributed by atoms with Crippen LogP contribution in [0.1, 0.15) is 71.4 Å². The number of hydrogen-bond acceptors (Lipinski definition) is 6. The normalized spacial score (nSPS) is 13.4. The first-order valence-electron chi connectivity index (χ1n) is 13.3. The van der Waals surface area contributed by atoms with Gasteiger partial charge in [0.05, 0.1) is 48.1 Å². The number of aromatic nitrogens is 6. The highest BCUT2D eigenvalue weighted by Gasteiger charge is 2.25. The topological polar surface area (TPSA) is 95.8 Å². The SMILES string of the molecule is CCOC(=O)CCc1cc(C2CC2)cn2cc(Cn3cc(C(=O)CCc4ncn5ccc(Cl)cc45)cn3)nc12. The number of carbonyl (C=O) groups excluding carboxylic acids is 2. The molecular formula is C29H29ClN6O3. The Labute approximate surface area is 230 Å². The second-order valence-corrected chi connectivity index (χ2v) is 10.5. The quantitative estimate of drug-likeness (QED) is 0.170. The van der Waals surface area contributed by atoms with Gasteiger partial charge in [-0.2, -0.15) is 5.10 Å². The number of nitrogens with zero attached hydrogens (tertiary/aromatic N) is 6. The zero-order valence-corrected chi connectivity index (χ0v) is 22.5. The van der Waals surface area contributed by atoms with Crippen molar-refractivity contribution in [1.82, 2.24) is 28.5 Å². The van der Waals surface area contributed by atoms with Crippen LogP contribution < -0.4 is 0 Å². The number of ketones is 1. The van der Waals surface area contributed by atoms with Gasteiger partial charge in [-0.25, -0.2) is 9.97 Å². The van der Waals surface area contributed by atoms with Crippen molar-refractivity contribution in [3.05, 3.63) is 88.6 Å². The van der Waals surface area contributed by atoms with Gasteiger partial charge in [0.1, 0.15) is 5.65 Å². The number of fused-ring (bicyclic) bond motifs is 2. The number of carbonyl (C=O) groups is 2. The molecule has 5 aromatic rings. The Morgan fingerprint density at radius 2 is 1.97 bits per heavy atom. The molecule has 200 valence electrons. The molecule has 0 aliphatic heterocycles. The summed E-state index contributed by atoms with van der Waals surface area (Å²) >= 11 is 6.13. The van der Waals surface area contributed by atoms with Crippen LogP contribution in [-0.2, 0) is 28.9 Å². The number of rotatable bonds is 11. The predicted molar refractivity (Wildman–Crippen MR) is 146 cm³/mol. The van der Waals surface area contributed by atoms with Gasteiger partial charge in [0, 0.05) is 42.7 Å². The molecular weight excluding hydrogens is 516 g/mol. The molecule has 1 aliphatic carbocycles. The minimum atomic E-state index is -0.196. The molecule has 0 N–H and O–H groups in total. The fourth-order valence-electron chi connectivity index (χ4n) is 4.96. The number of esters is 1. The van der Waals surface area contributed by atoms with E-state index in [9.17, 15) is 9.59 Å². The van der Waals surface area contributed by atoms with Gasteiger partial charge in [0.15, 0.2) is 5.78 Å². The molecule has 0 bridgehead atoms. The van der Waals surface area contributed by atoms with Crippen molar-refractivity contribution in [1.29, 1.82) is 0 Å². The molecule has 0 atom stereocenters. The van der Waals surface area contributed by atoms with Crippen LogP contribution in [0.15, 0.2) is 55.5 Å². The lowest BCUT2D eigenvalue weighted by molar-refractivity contribution is -0.143. The highest BCUT2D eigenvalue weighted by molar-refractivity contribution is 6.30. The van der Waals surface area contributed by atoms with E-state index in [0.29, 0.717) is 55.3 Å². The van der Waals surface area contributed by atoms with Crippen molar-refractivity contribution in [2.45, 2.75) is 57.9 Å². The van der Waals surface area contributed by atoms with E-state index in [2.05, 4.69) is 26.7 Å². The summed E-state index contributed by atoms with van der Waals surface area (Å²) in [7, 11) is 0. The average Bonchev–Trinajstić information content (AvgIpc) is 3.33. The summed E-state index contributed by atoms with van der Waals surface area (Å²) in [5.74, 6) is 0.395. The molecule has 0 saturated heterocycles. The van der Waals surface area contributed by atoms with Crippen LogP contribution in [0.4, 0.5) is 0 Å². The molecule has 1 fully saturated rings. The lowest BCUT2D eigenvalue weighted by atomic mass is 10.1. The van der Waals surface area contributed by atoms with Gasteiger partial charge in [-0.3, -0.25) is 14.3 Å². The average molecular weight is 545 g/mol. The minimum Gasteiger partial charge on any atom is -0.466 e. The van der Waals surface area contributed by atoms with E-state index in [1.807, 2.05) is 29.8 Å². The maximum atomic E-state index is 12.9. The number of halogens is 1. The van der Waals surface area contributed by atoms with Gasteiger partial charge in [0.2, 0.25) is 0 Å². The Morgan fingerprint density at radius 1 is 1.10 bits per heavy atom. The number of Topliss-reactive ketones (excluding diaryl/α,β-unsaturated/α-hetero) is 1. The second-order valence-electron chi connectivity index (χ2n) is 10.0. The Bertz CT molecular complexity index is 1680. The molecule has 5 heterocycles. The minimum absolute atomic E-state index is 0.00903. The van der Waals surface area contributed by atoms with E-state index in [1.54, 1.807) is 29.5 Å². The zero-order valence-electron chi connectivity index (χ0n) is 21.7. The first-order valence-corrected chi connectivity index (χ1v) is 13.7. The second kappa shape index (κ2) is 10.6. The maximum absolute atomic E-state index is 12.9. The first-order chi connectivity index (χ1) is 19.0. The Morgan fingerprint density at radius 3 is 2.79 bits per heavy atom. The van der Waals surface area contributed by atoms with Crippen LogP contribution in [0, 0.1) is 0 Å². The Hall–Kier alpha value is -3.98. The summed E-state index contributed by atoms with van der Waals surface area (Å²) in [6, 6.07) is 5.85. The zero-order chi connectivity index (χ0) is 26.9.